The van der Waals surface area contributed by atoms with Gasteiger partial charge in [-0.25, -0.2) is 17.5 Å². The molecule has 2 aromatic rings. The number of aryl methyl sites for hydroxylation is 2. The van der Waals surface area contributed by atoms with E-state index < -0.39 is 28.2 Å². The van der Waals surface area contributed by atoms with Crippen LogP contribution in [0.4, 0.5) is 16.2 Å². The molecule has 0 bridgehead atoms. The number of nitrogens with zero attached hydrogens (tertiary/aromatic N) is 3. The number of benzene rings is 1. The highest BCUT2D eigenvalue weighted by Gasteiger charge is 2.34. The number of amides is 3. The molecule has 1 aliphatic heterocycles. The molecule has 0 saturated carbocycles. The van der Waals surface area contributed by atoms with E-state index in [4.69, 9.17) is 9.26 Å². The molecule has 0 unspecified atom stereocenters. The van der Waals surface area contributed by atoms with Gasteiger partial charge in [0.15, 0.2) is 5.76 Å². The molecule has 0 spiro atoms. The third-order valence-electron chi connectivity index (χ3n) is 6.20. The van der Waals surface area contributed by atoms with E-state index in [0.29, 0.717) is 22.8 Å². The normalized spacial score (nSPS) is 19.2. The minimum absolute atomic E-state index is 0.0782. The number of aliphatic hydroxyl groups excluding tert-OH is 1. The van der Waals surface area contributed by atoms with Crippen LogP contribution in [-0.2, 0) is 10.0 Å². The van der Waals surface area contributed by atoms with Crippen molar-refractivity contribution < 1.29 is 32.4 Å². The van der Waals surface area contributed by atoms with Gasteiger partial charge >= 0.3 is 6.03 Å². The second kappa shape index (κ2) is 10.8. The molecule has 36 heavy (non-hydrogen) atoms. The van der Waals surface area contributed by atoms with E-state index in [1.165, 1.54) is 22.3 Å². The smallest absolute Gasteiger partial charge is 0.323 e. The van der Waals surface area contributed by atoms with Gasteiger partial charge in [-0.15, -0.1) is 0 Å². The standard InChI is InChI=1S/C23H33N5O7S/c1-13-10-28(14(2)12-29)22(30)18-9-17(24-23(31)25-21-15(3)26-35-16(21)4)7-8-19(18)34-20(13)11-27(5)36(6,32)33/h7-9,13-14,20,29H,10-12H2,1-6H3,(H2,24,25,31)/t13-,14+,20-/m1/s1. The van der Waals surface area contributed by atoms with E-state index in [2.05, 4.69) is 15.8 Å². The van der Waals surface area contributed by atoms with Gasteiger partial charge in [-0.2, -0.15) is 0 Å². The molecule has 12 nitrogen and oxygen atoms in total. The Morgan fingerprint density at radius 2 is 2.03 bits per heavy atom. The predicted molar refractivity (Wildman–Crippen MR) is 134 cm³/mol. The van der Waals surface area contributed by atoms with Crippen molar-refractivity contribution in [1.29, 1.82) is 0 Å². The lowest BCUT2D eigenvalue weighted by Gasteiger charge is -2.38. The van der Waals surface area contributed by atoms with Gasteiger partial charge in [0.05, 0.1) is 31.0 Å². The quantitative estimate of drug-likeness (QED) is 0.498. The Labute approximate surface area is 210 Å². The lowest BCUT2D eigenvalue weighted by molar-refractivity contribution is 0.0387. The van der Waals surface area contributed by atoms with Gasteiger partial charge in [-0.1, -0.05) is 12.1 Å². The van der Waals surface area contributed by atoms with Crippen LogP contribution in [0.2, 0.25) is 0 Å². The topological polar surface area (TPSA) is 154 Å². The summed E-state index contributed by atoms with van der Waals surface area (Å²) in [6.07, 6.45) is 0.552. The fourth-order valence-electron chi connectivity index (χ4n) is 3.84. The van der Waals surface area contributed by atoms with Gasteiger partial charge in [0.1, 0.15) is 23.2 Å². The molecular formula is C23H33N5O7S. The molecular weight excluding hydrogens is 490 g/mol. The molecule has 0 fully saturated rings. The molecule has 3 atom stereocenters. The number of rotatable bonds is 7. The first-order chi connectivity index (χ1) is 16.8. The first-order valence-electron chi connectivity index (χ1n) is 11.5. The van der Waals surface area contributed by atoms with E-state index in [1.807, 2.05) is 6.92 Å². The van der Waals surface area contributed by atoms with Gasteiger partial charge in [0, 0.05) is 25.2 Å². The minimum atomic E-state index is -3.45. The van der Waals surface area contributed by atoms with Crippen molar-refractivity contribution in [2.75, 3.05) is 43.6 Å². The Balaban J connectivity index is 1.92. The molecule has 2 heterocycles. The monoisotopic (exact) mass is 523 g/mol. The molecule has 3 N–H and O–H groups in total. The van der Waals surface area contributed by atoms with Crippen LogP contribution >= 0.6 is 0 Å². The molecule has 1 aromatic carbocycles. The maximum Gasteiger partial charge on any atom is 0.323 e. The Kier molecular flexibility index (Phi) is 8.26. The van der Waals surface area contributed by atoms with Crippen molar-refractivity contribution in [1.82, 2.24) is 14.4 Å². The minimum Gasteiger partial charge on any atom is -0.488 e. The number of carbonyl (C=O) groups excluding carboxylic acids is 2. The van der Waals surface area contributed by atoms with E-state index in [0.717, 1.165) is 6.26 Å². The molecule has 3 amide bonds. The van der Waals surface area contributed by atoms with Crippen molar-refractivity contribution in [3.8, 4) is 5.75 Å². The maximum atomic E-state index is 13.5. The Bertz CT molecular complexity index is 1210. The first-order valence-corrected chi connectivity index (χ1v) is 13.3. The van der Waals surface area contributed by atoms with Crippen LogP contribution < -0.4 is 15.4 Å². The number of aromatic nitrogens is 1. The van der Waals surface area contributed by atoms with E-state index in [9.17, 15) is 23.1 Å². The second-order valence-corrected chi connectivity index (χ2v) is 11.2. The van der Waals surface area contributed by atoms with Crippen molar-refractivity contribution in [2.24, 2.45) is 5.92 Å². The number of ether oxygens (including phenoxy) is 1. The van der Waals surface area contributed by atoms with Crippen LogP contribution in [-0.4, -0.2) is 85.0 Å². The molecule has 0 radical (unpaired) electrons. The number of fused-ring (bicyclic) bond motifs is 1. The molecule has 13 heteroatoms. The summed E-state index contributed by atoms with van der Waals surface area (Å²) in [6.45, 7) is 7.03. The largest absolute Gasteiger partial charge is 0.488 e. The number of hydrogen-bond acceptors (Lipinski definition) is 8. The number of anilines is 2. The third-order valence-corrected chi connectivity index (χ3v) is 7.48. The Morgan fingerprint density at radius 1 is 1.33 bits per heavy atom. The number of nitrogens with one attached hydrogen (secondary N) is 2. The van der Waals surface area contributed by atoms with Crippen LogP contribution in [0, 0.1) is 19.8 Å². The number of urea groups is 1. The molecule has 198 valence electrons. The molecule has 0 aliphatic carbocycles. The highest BCUT2D eigenvalue weighted by atomic mass is 32.2. The van der Waals surface area contributed by atoms with Gasteiger partial charge in [0.2, 0.25) is 10.0 Å². The molecule has 0 saturated heterocycles. The summed E-state index contributed by atoms with van der Waals surface area (Å²) < 4.78 is 36.4. The predicted octanol–water partition coefficient (Wildman–Crippen LogP) is 2.05. The molecule has 3 rings (SSSR count). The number of carbonyl (C=O) groups is 2. The number of hydrogen-bond donors (Lipinski definition) is 3. The average Bonchev–Trinajstić information content (AvgIpc) is 3.12. The summed E-state index contributed by atoms with van der Waals surface area (Å²) in [6, 6.07) is 3.60. The van der Waals surface area contributed by atoms with Crippen LogP contribution in [0.3, 0.4) is 0 Å². The lowest BCUT2D eigenvalue weighted by atomic mass is 9.99. The summed E-state index contributed by atoms with van der Waals surface area (Å²) in [7, 11) is -1.98. The van der Waals surface area contributed by atoms with E-state index >= 15 is 0 Å². The summed E-state index contributed by atoms with van der Waals surface area (Å²) >= 11 is 0. The zero-order valence-electron chi connectivity index (χ0n) is 21.2. The zero-order chi connectivity index (χ0) is 26.8. The van der Waals surface area contributed by atoms with E-state index in [-0.39, 0.29) is 42.8 Å². The van der Waals surface area contributed by atoms with Crippen LogP contribution in [0.5, 0.6) is 5.75 Å². The van der Waals surface area contributed by atoms with Gasteiger partial charge < -0.3 is 29.9 Å². The van der Waals surface area contributed by atoms with Crippen LogP contribution in [0.25, 0.3) is 0 Å². The summed E-state index contributed by atoms with van der Waals surface area (Å²) in [5, 5.41) is 18.9. The lowest BCUT2D eigenvalue weighted by Crippen LogP contribution is -2.50. The van der Waals surface area contributed by atoms with Crippen molar-refractivity contribution in [3.05, 3.63) is 35.2 Å². The average molecular weight is 524 g/mol. The first kappa shape index (κ1) is 27.4. The maximum absolute atomic E-state index is 13.5. The summed E-state index contributed by atoms with van der Waals surface area (Å²) in [4.78, 5) is 27.6. The van der Waals surface area contributed by atoms with Crippen molar-refractivity contribution in [3.63, 3.8) is 0 Å². The zero-order valence-corrected chi connectivity index (χ0v) is 22.0. The number of aliphatic hydroxyl groups is 1. The van der Waals surface area contributed by atoms with Crippen LogP contribution in [0.15, 0.2) is 22.7 Å². The fourth-order valence-corrected chi connectivity index (χ4v) is 4.26. The fraction of sp³-hybridized carbons (Fsp3) is 0.522. The summed E-state index contributed by atoms with van der Waals surface area (Å²) in [5.74, 6) is 0.101. The van der Waals surface area contributed by atoms with Gasteiger partial charge in [-0.05, 0) is 39.0 Å². The summed E-state index contributed by atoms with van der Waals surface area (Å²) in [5.41, 5.74) is 1.50. The van der Waals surface area contributed by atoms with E-state index in [1.54, 1.807) is 32.9 Å². The van der Waals surface area contributed by atoms with Gasteiger partial charge in [-0.3, -0.25) is 4.79 Å². The van der Waals surface area contributed by atoms with Crippen LogP contribution in [0.1, 0.15) is 35.7 Å². The highest BCUT2D eigenvalue weighted by molar-refractivity contribution is 7.88. The second-order valence-electron chi connectivity index (χ2n) is 9.16. The highest BCUT2D eigenvalue weighted by Crippen LogP contribution is 2.31. The number of likely N-dealkylation sites (N-methyl/N-ethyl adjacent to an activating group) is 1. The molecule has 1 aromatic heterocycles. The molecule has 1 aliphatic rings. The SMILES string of the molecule is Cc1noc(C)c1NC(=O)Nc1ccc2c(c1)C(=O)N([C@@H](C)CO)C[C@@H](C)[C@@H](CN(C)S(C)(=O)=O)O2. The van der Waals surface area contributed by atoms with Crippen molar-refractivity contribution >= 4 is 33.3 Å². The number of sulfonamides is 1. The Hall–Kier alpha value is -3.16. The van der Waals surface area contributed by atoms with Gasteiger partial charge in [0.25, 0.3) is 5.91 Å². The Morgan fingerprint density at radius 3 is 2.61 bits per heavy atom. The van der Waals surface area contributed by atoms with Crippen molar-refractivity contribution in [2.45, 2.75) is 39.8 Å². The third kappa shape index (κ3) is 6.15.